The van der Waals surface area contributed by atoms with Crippen molar-refractivity contribution < 1.29 is 0 Å². The summed E-state index contributed by atoms with van der Waals surface area (Å²) in [5.74, 6) is 0. The van der Waals surface area contributed by atoms with E-state index in [2.05, 4.69) is 15.0 Å². The third-order valence-electron chi connectivity index (χ3n) is 2.83. The quantitative estimate of drug-likeness (QED) is 0.706. The van der Waals surface area contributed by atoms with E-state index >= 15 is 0 Å². The lowest BCUT2D eigenvalue weighted by Gasteiger charge is -2.03. The molecule has 0 unspecified atom stereocenters. The maximum absolute atomic E-state index is 10.9. The molecule has 3 rings (SSSR count). The molecule has 2 heterocycles. The van der Waals surface area contributed by atoms with E-state index in [4.69, 9.17) is 0 Å². The first-order valence-corrected chi connectivity index (χ1v) is 5.65. The van der Waals surface area contributed by atoms with Crippen LogP contribution in [0.1, 0.15) is 5.69 Å². The highest BCUT2D eigenvalue weighted by Gasteiger charge is 2.01. The first-order chi connectivity index (χ1) is 8.72. The van der Waals surface area contributed by atoms with Crippen LogP contribution in [0, 0.1) is 6.92 Å². The van der Waals surface area contributed by atoms with E-state index < -0.39 is 0 Å². The van der Waals surface area contributed by atoms with Gasteiger partial charge in [0.1, 0.15) is 0 Å². The molecular formula is C14H11N3O. The molecule has 0 aliphatic rings. The molecule has 0 bridgehead atoms. The Balaban J connectivity index is 2.16. The zero-order valence-corrected chi connectivity index (χ0v) is 9.84. The number of aryl methyl sites for hydroxylation is 1. The number of aromatic amines is 1. The van der Waals surface area contributed by atoms with Crippen LogP contribution in [-0.4, -0.2) is 15.0 Å². The number of hydrogen-bond acceptors (Lipinski definition) is 3. The van der Waals surface area contributed by atoms with Gasteiger partial charge in [0.2, 0.25) is 0 Å². The third kappa shape index (κ3) is 1.88. The summed E-state index contributed by atoms with van der Waals surface area (Å²) in [5.41, 5.74) is 3.53. The lowest BCUT2D eigenvalue weighted by atomic mass is 10.1. The van der Waals surface area contributed by atoms with Gasteiger partial charge in [-0.3, -0.25) is 4.98 Å². The average Bonchev–Trinajstić information content (AvgIpc) is 2.39. The summed E-state index contributed by atoms with van der Waals surface area (Å²) in [7, 11) is 0. The number of pyridine rings is 1. The van der Waals surface area contributed by atoms with Crippen molar-refractivity contribution in [2.75, 3.05) is 0 Å². The highest BCUT2D eigenvalue weighted by molar-refractivity contribution is 5.84. The molecule has 0 saturated carbocycles. The van der Waals surface area contributed by atoms with Gasteiger partial charge in [-0.2, -0.15) is 0 Å². The molecule has 4 nitrogen and oxygen atoms in total. The number of H-pyrrole nitrogens is 1. The van der Waals surface area contributed by atoms with Crippen LogP contribution < -0.4 is 5.69 Å². The van der Waals surface area contributed by atoms with E-state index in [1.54, 1.807) is 12.4 Å². The molecule has 4 heteroatoms. The maximum atomic E-state index is 10.9. The van der Waals surface area contributed by atoms with Crippen LogP contribution in [0.2, 0.25) is 0 Å². The maximum Gasteiger partial charge on any atom is 0.344 e. The van der Waals surface area contributed by atoms with Crippen LogP contribution in [0.15, 0.2) is 47.5 Å². The van der Waals surface area contributed by atoms with Crippen LogP contribution in [0.25, 0.3) is 22.0 Å². The standard InChI is InChI=1S/C14H11N3O/c1-9-2-3-11-6-10(4-5-13(11)17-9)12-7-15-14(18)16-8-12/h2-8H,1H3,(H,15,16,18). The SMILES string of the molecule is Cc1ccc2cc(-c3cnc(=O)[nH]c3)ccc2n1. The minimum absolute atomic E-state index is 0.336. The lowest BCUT2D eigenvalue weighted by molar-refractivity contribution is 1.08. The van der Waals surface area contributed by atoms with Crippen molar-refractivity contribution >= 4 is 10.9 Å². The summed E-state index contributed by atoms with van der Waals surface area (Å²) in [5, 5.41) is 1.07. The Hall–Kier alpha value is -2.49. The van der Waals surface area contributed by atoms with Gasteiger partial charge in [0, 0.05) is 29.0 Å². The molecule has 1 aromatic carbocycles. The predicted octanol–water partition coefficient (Wildman–Crippen LogP) is 2.29. The summed E-state index contributed by atoms with van der Waals surface area (Å²) in [6, 6.07) is 10.0. The zero-order valence-electron chi connectivity index (χ0n) is 9.84. The van der Waals surface area contributed by atoms with Gasteiger partial charge in [0.15, 0.2) is 0 Å². The monoisotopic (exact) mass is 237 g/mol. The minimum Gasteiger partial charge on any atom is -0.312 e. The molecule has 3 aromatic rings. The van der Waals surface area contributed by atoms with E-state index in [1.807, 2.05) is 37.3 Å². The first-order valence-electron chi connectivity index (χ1n) is 5.65. The topological polar surface area (TPSA) is 58.6 Å². The molecule has 88 valence electrons. The second-order valence-electron chi connectivity index (χ2n) is 4.17. The minimum atomic E-state index is -0.336. The molecule has 0 saturated heterocycles. The second kappa shape index (κ2) is 4.07. The number of rotatable bonds is 1. The normalized spacial score (nSPS) is 10.7. The number of fused-ring (bicyclic) bond motifs is 1. The van der Waals surface area contributed by atoms with Crippen molar-refractivity contribution in [2.45, 2.75) is 6.92 Å². The van der Waals surface area contributed by atoms with Gasteiger partial charge in [0.05, 0.1) is 5.52 Å². The van der Waals surface area contributed by atoms with E-state index in [0.29, 0.717) is 0 Å². The van der Waals surface area contributed by atoms with Crippen LogP contribution in [-0.2, 0) is 0 Å². The van der Waals surface area contributed by atoms with E-state index in [1.165, 1.54) is 0 Å². The summed E-state index contributed by atoms with van der Waals surface area (Å²) in [4.78, 5) is 21.7. The Labute approximate surface area is 103 Å². The first kappa shape index (κ1) is 10.7. The molecule has 0 spiro atoms. The average molecular weight is 237 g/mol. The second-order valence-corrected chi connectivity index (χ2v) is 4.17. The molecule has 2 aromatic heterocycles. The van der Waals surface area contributed by atoms with Crippen molar-refractivity contribution in [3.8, 4) is 11.1 Å². The molecule has 1 N–H and O–H groups in total. The molecule has 0 radical (unpaired) electrons. The largest absolute Gasteiger partial charge is 0.344 e. The lowest BCUT2D eigenvalue weighted by Crippen LogP contribution is -2.07. The van der Waals surface area contributed by atoms with Gasteiger partial charge in [0.25, 0.3) is 0 Å². The highest BCUT2D eigenvalue weighted by Crippen LogP contribution is 2.22. The number of benzene rings is 1. The molecule has 0 fully saturated rings. The molecule has 0 aliphatic carbocycles. The summed E-state index contributed by atoms with van der Waals surface area (Å²) < 4.78 is 0. The van der Waals surface area contributed by atoms with Crippen molar-refractivity contribution in [3.05, 3.63) is 58.9 Å². The van der Waals surface area contributed by atoms with Gasteiger partial charge < -0.3 is 4.98 Å². The molecular weight excluding hydrogens is 226 g/mol. The fourth-order valence-corrected chi connectivity index (χ4v) is 1.91. The number of nitrogens with one attached hydrogen (secondary N) is 1. The van der Waals surface area contributed by atoms with Crippen LogP contribution >= 0.6 is 0 Å². The fourth-order valence-electron chi connectivity index (χ4n) is 1.91. The Bertz CT molecular complexity index is 757. The van der Waals surface area contributed by atoms with E-state index in [0.717, 1.165) is 27.7 Å². The molecule has 0 amide bonds. The van der Waals surface area contributed by atoms with Crippen molar-refractivity contribution in [1.29, 1.82) is 0 Å². The van der Waals surface area contributed by atoms with Crippen LogP contribution in [0.4, 0.5) is 0 Å². The molecule has 0 atom stereocenters. The van der Waals surface area contributed by atoms with Gasteiger partial charge in [-0.1, -0.05) is 12.1 Å². The van der Waals surface area contributed by atoms with Gasteiger partial charge in [-0.25, -0.2) is 9.78 Å². The smallest absolute Gasteiger partial charge is 0.312 e. The van der Waals surface area contributed by atoms with Crippen LogP contribution in [0.5, 0.6) is 0 Å². The zero-order chi connectivity index (χ0) is 12.5. The summed E-state index contributed by atoms with van der Waals surface area (Å²) >= 11 is 0. The van der Waals surface area contributed by atoms with E-state index in [-0.39, 0.29) is 5.69 Å². The Kier molecular flexibility index (Phi) is 2.41. The van der Waals surface area contributed by atoms with Gasteiger partial charge in [-0.15, -0.1) is 0 Å². The predicted molar refractivity (Wildman–Crippen MR) is 70.3 cm³/mol. The highest BCUT2D eigenvalue weighted by atomic mass is 16.1. The third-order valence-corrected chi connectivity index (χ3v) is 2.83. The Morgan fingerprint density at radius 1 is 1.11 bits per heavy atom. The summed E-state index contributed by atoms with van der Waals surface area (Å²) in [6.07, 6.45) is 3.24. The van der Waals surface area contributed by atoms with Crippen molar-refractivity contribution in [2.24, 2.45) is 0 Å². The van der Waals surface area contributed by atoms with Crippen molar-refractivity contribution in [3.63, 3.8) is 0 Å². The number of aromatic nitrogens is 3. The number of nitrogens with zero attached hydrogens (tertiary/aromatic N) is 2. The van der Waals surface area contributed by atoms with Gasteiger partial charge >= 0.3 is 5.69 Å². The Morgan fingerprint density at radius 2 is 2.00 bits per heavy atom. The number of hydrogen-bond donors (Lipinski definition) is 1. The van der Waals surface area contributed by atoms with Gasteiger partial charge in [-0.05, 0) is 30.7 Å². The molecule has 18 heavy (non-hydrogen) atoms. The molecule has 0 aliphatic heterocycles. The van der Waals surface area contributed by atoms with Crippen LogP contribution in [0.3, 0.4) is 0 Å². The Morgan fingerprint density at radius 3 is 2.78 bits per heavy atom. The fraction of sp³-hybridized carbons (Fsp3) is 0.0714. The van der Waals surface area contributed by atoms with Crippen molar-refractivity contribution in [1.82, 2.24) is 15.0 Å². The summed E-state index contributed by atoms with van der Waals surface area (Å²) in [6.45, 7) is 1.97. The van der Waals surface area contributed by atoms with E-state index in [9.17, 15) is 4.79 Å².